The van der Waals surface area contributed by atoms with Gasteiger partial charge in [0.1, 0.15) is 0 Å². The van der Waals surface area contributed by atoms with Crippen LogP contribution in [0.5, 0.6) is 0 Å². The maximum Gasteiger partial charge on any atom is 0.340 e. The van der Waals surface area contributed by atoms with Gasteiger partial charge in [0.05, 0.1) is 18.4 Å². The molecule has 4 nitrogen and oxygen atoms in total. The highest BCUT2D eigenvalue weighted by Gasteiger charge is 2.23. The van der Waals surface area contributed by atoms with Crippen LogP contribution in [0.1, 0.15) is 31.1 Å². The molecule has 0 atom stereocenters. The molecule has 0 spiro atoms. The summed E-state index contributed by atoms with van der Waals surface area (Å²) in [7, 11) is 1.28. The van der Waals surface area contributed by atoms with Gasteiger partial charge in [-0.25, -0.2) is 4.79 Å². The third-order valence-corrected chi connectivity index (χ3v) is 2.55. The van der Waals surface area contributed by atoms with Crippen LogP contribution in [-0.2, 0) is 9.53 Å². The number of halogens is 1. The smallest absolute Gasteiger partial charge is 0.340 e. The Morgan fingerprint density at radius 3 is 2.39 bits per heavy atom. The van der Waals surface area contributed by atoms with Gasteiger partial charge in [0.15, 0.2) is 0 Å². The van der Waals surface area contributed by atoms with Gasteiger partial charge in [-0.1, -0.05) is 32.4 Å². The van der Waals surface area contributed by atoms with Crippen molar-refractivity contribution in [1.82, 2.24) is 0 Å². The molecule has 98 valence electrons. The second-order valence-electron chi connectivity index (χ2n) is 4.89. The fourth-order valence-electron chi connectivity index (χ4n) is 1.21. The minimum absolute atomic E-state index is 0.185. The lowest BCUT2D eigenvalue weighted by molar-refractivity contribution is -0.123. The van der Waals surface area contributed by atoms with E-state index >= 15 is 0 Å². The number of carbonyl (C=O) groups is 2. The maximum atomic E-state index is 11.9. The fourth-order valence-corrected chi connectivity index (χ4v) is 1.39. The number of hydrogen-bond donors (Lipinski definition) is 1. The maximum absolute atomic E-state index is 11.9. The highest BCUT2D eigenvalue weighted by Crippen LogP contribution is 2.24. The summed E-state index contributed by atoms with van der Waals surface area (Å²) in [6.07, 6.45) is 0. The van der Waals surface area contributed by atoms with Gasteiger partial charge in [0.2, 0.25) is 5.91 Å². The molecule has 1 amide bonds. The molecule has 0 unspecified atom stereocenters. The molecule has 1 aromatic carbocycles. The van der Waals surface area contributed by atoms with E-state index in [0.29, 0.717) is 10.7 Å². The summed E-state index contributed by atoms with van der Waals surface area (Å²) in [6.45, 7) is 5.36. The van der Waals surface area contributed by atoms with Crippen LogP contribution in [0.4, 0.5) is 5.69 Å². The minimum atomic E-state index is -0.549. The topological polar surface area (TPSA) is 55.4 Å². The molecule has 1 N–H and O–H groups in total. The van der Waals surface area contributed by atoms with Gasteiger partial charge in [0, 0.05) is 10.4 Å². The summed E-state index contributed by atoms with van der Waals surface area (Å²) in [5, 5.41) is 3.10. The molecule has 0 saturated heterocycles. The molecule has 0 heterocycles. The predicted octanol–water partition coefficient (Wildman–Crippen LogP) is 3.11. The van der Waals surface area contributed by atoms with Crippen LogP contribution in [0.15, 0.2) is 18.2 Å². The Labute approximate surface area is 111 Å². The molecule has 0 saturated carbocycles. The molecule has 1 aromatic rings. The highest BCUT2D eigenvalue weighted by molar-refractivity contribution is 6.31. The van der Waals surface area contributed by atoms with Gasteiger partial charge in [0.25, 0.3) is 0 Å². The van der Waals surface area contributed by atoms with E-state index in [1.807, 2.05) is 0 Å². The molecular weight excluding hydrogens is 254 g/mol. The molecule has 0 radical (unpaired) electrons. The van der Waals surface area contributed by atoms with E-state index in [2.05, 4.69) is 10.1 Å². The van der Waals surface area contributed by atoms with E-state index in [0.717, 1.165) is 0 Å². The molecular formula is C13H16ClNO3. The normalized spacial score (nSPS) is 10.9. The lowest BCUT2D eigenvalue weighted by atomic mass is 9.95. The molecule has 1 rings (SSSR count). The SMILES string of the molecule is COC(=O)c1cc(Cl)ccc1NC(=O)C(C)(C)C. The van der Waals surface area contributed by atoms with Crippen LogP contribution in [0.25, 0.3) is 0 Å². The lowest BCUT2D eigenvalue weighted by Crippen LogP contribution is -2.28. The van der Waals surface area contributed by atoms with Crippen molar-refractivity contribution in [3.05, 3.63) is 28.8 Å². The molecule has 5 heteroatoms. The number of methoxy groups -OCH3 is 1. The minimum Gasteiger partial charge on any atom is -0.465 e. The molecule has 0 aromatic heterocycles. The first-order valence-corrected chi connectivity index (χ1v) is 5.83. The second-order valence-corrected chi connectivity index (χ2v) is 5.32. The number of hydrogen-bond acceptors (Lipinski definition) is 3. The molecule has 18 heavy (non-hydrogen) atoms. The first kappa shape index (κ1) is 14.5. The van der Waals surface area contributed by atoms with Crippen molar-refractivity contribution in [2.45, 2.75) is 20.8 Å². The predicted molar refractivity (Wildman–Crippen MR) is 70.9 cm³/mol. The number of esters is 1. The fraction of sp³-hybridized carbons (Fsp3) is 0.385. The molecule has 0 aliphatic carbocycles. The average Bonchev–Trinajstić information content (AvgIpc) is 2.29. The Balaban J connectivity index is 3.09. The van der Waals surface area contributed by atoms with Crippen molar-refractivity contribution < 1.29 is 14.3 Å². The molecule has 0 fully saturated rings. The van der Waals surface area contributed by atoms with E-state index in [4.69, 9.17) is 11.6 Å². The summed E-state index contributed by atoms with van der Waals surface area (Å²) >= 11 is 5.82. The number of benzene rings is 1. The van der Waals surface area contributed by atoms with Gasteiger partial charge < -0.3 is 10.1 Å². The first-order valence-electron chi connectivity index (χ1n) is 5.45. The van der Waals surface area contributed by atoms with E-state index in [1.165, 1.54) is 13.2 Å². The summed E-state index contributed by atoms with van der Waals surface area (Å²) < 4.78 is 4.65. The Kier molecular flexibility index (Phi) is 4.35. The zero-order valence-electron chi connectivity index (χ0n) is 10.8. The average molecular weight is 270 g/mol. The summed E-state index contributed by atoms with van der Waals surface area (Å²) in [4.78, 5) is 23.5. The number of rotatable bonds is 2. The van der Waals surface area contributed by atoms with Crippen LogP contribution >= 0.6 is 11.6 Å². The van der Waals surface area contributed by atoms with Crippen LogP contribution in [-0.4, -0.2) is 19.0 Å². The Bertz CT molecular complexity index is 478. The van der Waals surface area contributed by atoms with E-state index < -0.39 is 11.4 Å². The summed E-state index contributed by atoms with van der Waals surface area (Å²) in [5.74, 6) is -0.725. The van der Waals surface area contributed by atoms with E-state index in [9.17, 15) is 9.59 Å². The highest BCUT2D eigenvalue weighted by atomic mass is 35.5. The van der Waals surface area contributed by atoms with Gasteiger partial charge in [-0.05, 0) is 18.2 Å². The van der Waals surface area contributed by atoms with Gasteiger partial charge in [-0.15, -0.1) is 0 Å². The summed E-state index contributed by atoms with van der Waals surface area (Å²) in [5.41, 5.74) is 0.0845. The quantitative estimate of drug-likeness (QED) is 0.840. The van der Waals surface area contributed by atoms with Crippen LogP contribution < -0.4 is 5.32 Å². The van der Waals surface area contributed by atoms with Crippen molar-refractivity contribution in [3.63, 3.8) is 0 Å². The van der Waals surface area contributed by atoms with Gasteiger partial charge in [-0.2, -0.15) is 0 Å². The Hall–Kier alpha value is -1.55. The van der Waals surface area contributed by atoms with Crippen LogP contribution in [0.3, 0.4) is 0 Å². The monoisotopic (exact) mass is 269 g/mol. The van der Waals surface area contributed by atoms with Crippen LogP contribution in [0.2, 0.25) is 5.02 Å². The third-order valence-electron chi connectivity index (χ3n) is 2.32. The largest absolute Gasteiger partial charge is 0.465 e. The van der Waals surface area contributed by atoms with Crippen molar-refractivity contribution in [2.75, 3.05) is 12.4 Å². The second kappa shape index (κ2) is 5.40. The molecule has 0 aliphatic rings. The lowest BCUT2D eigenvalue weighted by Gasteiger charge is -2.19. The number of amides is 1. The standard InChI is InChI=1S/C13H16ClNO3/c1-13(2,3)12(17)15-10-6-5-8(14)7-9(10)11(16)18-4/h5-7H,1-4H3,(H,15,17). The number of carbonyl (C=O) groups excluding carboxylic acids is 2. The van der Waals surface area contributed by atoms with Crippen molar-refractivity contribution in [2.24, 2.45) is 5.41 Å². The van der Waals surface area contributed by atoms with Gasteiger partial charge in [-0.3, -0.25) is 4.79 Å². The zero-order chi connectivity index (χ0) is 13.9. The van der Waals surface area contributed by atoms with Crippen molar-refractivity contribution in [1.29, 1.82) is 0 Å². The van der Waals surface area contributed by atoms with Crippen molar-refractivity contribution >= 4 is 29.2 Å². The molecule has 0 aliphatic heterocycles. The number of anilines is 1. The van der Waals surface area contributed by atoms with Crippen LogP contribution in [0, 0.1) is 5.41 Å². The van der Waals surface area contributed by atoms with E-state index in [1.54, 1.807) is 32.9 Å². The summed E-state index contributed by atoms with van der Waals surface area (Å²) in [6, 6.07) is 4.65. The number of nitrogens with one attached hydrogen (secondary N) is 1. The Morgan fingerprint density at radius 2 is 1.89 bits per heavy atom. The van der Waals surface area contributed by atoms with E-state index in [-0.39, 0.29) is 11.5 Å². The van der Waals surface area contributed by atoms with Gasteiger partial charge >= 0.3 is 5.97 Å². The zero-order valence-corrected chi connectivity index (χ0v) is 11.6. The first-order chi connectivity index (χ1) is 8.25. The van der Waals surface area contributed by atoms with Crippen molar-refractivity contribution in [3.8, 4) is 0 Å². The third kappa shape index (κ3) is 3.47. The Morgan fingerprint density at radius 1 is 1.28 bits per heavy atom. The molecule has 0 bridgehead atoms. The number of ether oxygens (including phenoxy) is 1.